The number of ether oxygens (including phenoxy) is 1. The molecule has 0 unspecified atom stereocenters. The summed E-state index contributed by atoms with van der Waals surface area (Å²) in [5, 5.41) is 2.72. The van der Waals surface area contributed by atoms with Crippen molar-refractivity contribution >= 4 is 16.7 Å². The quantitative estimate of drug-likeness (QED) is 0.360. The largest absolute Gasteiger partial charge is 0.439 e. The van der Waals surface area contributed by atoms with Crippen LogP contribution in [0.25, 0.3) is 10.9 Å². The van der Waals surface area contributed by atoms with Crippen molar-refractivity contribution < 1.29 is 31.1 Å². The van der Waals surface area contributed by atoms with E-state index in [9.17, 15) is 26.3 Å². The normalized spacial score (nSPS) is 11.6. The number of anilines is 1. The molecule has 33 heavy (non-hydrogen) atoms. The molecule has 0 aliphatic heterocycles. The van der Waals surface area contributed by atoms with E-state index in [4.69, 9.17) is 4.74 Å². The summed E-state index contributed by atoms with van der Waals surface area (Å²) in [5.74, 6) is -2.36. The fourth-order valence-corrected chi connectivity index (χ4v) is 3.11. The highest BCUT2D eigenvalue weighted by atomic mass is 19.4. The molecule has 2 heterocycles. The van der Waals surface area contributed by atoms with E-state index in [1.165, 1.54) is 12.1 Å². The molecule has 0 saturated heterocycles. The second-order valence-corrected chi connectivity index (χ2v) is 6.89. The Labute approximate surface area is 183 Å². The van der Waals surface area contributed by atoms with Crippen LogP contribution in [0, 0.1) is 17.5 Å². The maximum Gasteiger partial charge on any atom is 0.416 e. The van der Waals surface area contributed by atoms with Crippen molar-refractivity contribution in [1.82, 2.24) is 15.0 Å². The van der Waals surface area contributed by atoms with Crippen molar-refractivity contribution in [2.24, 2.45) is 0 Å². The molecule has 0 saturated carbocycles. The van der Waals surface area contributed by atoms with Gasteiger partial charge in [-0.1, -0.05) is 6.07 Å². The lowest BCUT2D eigenvalue weighted by Crippen LogP contribution is -2.09. The minimum Gasteiger partial charge on any atom is -0.439 e. The summed E-state index contributed by atoms with van der Waals surface area (Å²) in [6.07, 6.45) is -2.38. The molecule has 170 valence electrons. The summed E-state index contributed by atoms with van der Waals surface area (Å²) in [6, 6.07) is 7.24. The van der Waals surface area contributed by atoms with Crippen LogP contribution >= 0.6 is 0 Å². The standard InChI is InChI=1S/C22H14F6N4O/c23-15-3-4-16(24)20-19(15)21(32-11-31-20)30-7-5-12-1-2-14(10-17(12)25)33-18-9-13(6-8-29-18)22(26,27)28/h1-4,6,8-11H,5,7H2,(H,30,31,32). The van der Waals surface area contributed by atoms with Gasteiger partial charge < -0.3 is 10.1 Å². The second-order valence-electron chi connectivity index (χ2n) is 6.89. The minimum atomic E-state index is -4.56. The van der Waals surface area contributed by atoms with Gasteiger partial charge >= 0.3 is 6.18 Å². The SMILES string of the molecule is Fc1cc(Oc2cc(C(F)(F)F)ccn2)ccc1CCNc1ncnc2c(F)ccc(F)c12. The van der Waals surface area contributed by atoms with Gasteiger partial charge in [-0.2, -0.15) is 13.2 Å². The molecule has 0 spiro atoms. The number of halogens is 6. The minimum absolute atomic E-state index is 0.0321. The zero-order chi connectivity index (χ0) is 23.6. The molecule has 4 rings (SSSR count). The van der Waals surface area contributed by atoms with E-state index < -0.39 is 29.2 Å². The first-order valence-corrected chi connectivity index (χ1v) is 9.54. The van der Waals surface area contributed by atoms with Crippen molar-refractivity contribution in [3.63, 3.8) is 0 Å². The van der Waals surface area contributed by atoms with E-state index in [1.54, 1.807) is 0 Å². The fourth-order valence-electron chi connectivity index (χ4n) is 3.11. The Morgan fingerprint density at radius 3 is 2.39 bits per heavy atom. The Balaban J connectivity index is 1.44. The number of alkyl halides is 3. The van der Waals surface area contributed by atoms with Crippen LogP contribution in [0.3, 0.4) is 0 Å². The van der Waals surface area contributed by atoms with Crippen LogP contribution in [0.1, 0.15) is 11.1 Å². The average Bonchev–Trinajstić information content (AvgIpc) is 2.77. The van der Waals surface area contributed by atoms with Gasteiger partial charge in [0.25, 0.3) is 0 Å². The topological polar surface area (TPSA) is 59.9 Å². The molecule has 0 atom stereocenters. The predicted molar refractivity (Wildman–Crippen MR) is 107 cm³/mol. The molecular formula is C22H14F6N4O. The van der Waals surface area contributed by atoms with Crippen LogP contribution < -0.4 is 10.1 Å². The zero-order valence-electron chi connectivity index (χ0n) is 16.6. The lowest BCUT2D eigenvalue weighted by Gasteiger charge is -2.11. The Morgan fingerprint density at radius 1 is 0.848 bits per heavy atom. The molecular weight excluding hydrogens is 450 g/mol. The second kappa shape index (κ2) is 8.93. The van der Waals surface area contributed by atoms with Crippen molar-refractivity contribution in [1.29, 1.82) is 0 Å². The Bertz CT molecular complexity index is 1310. The third kappa shape index (κ3) is 4.97. The van der Waals surface area contributed by atoms with E-state index in [-0.39, 0.29) is 46.9 Å². The van der Waals surface area contributed by atoms with E-state index in [1.807, 2.05) is 0 Å². The van der Waals surface area contributed by atoms with Gasteiger partial charge in [0, 0.05) is 24.9 Å². The molecule has 0 fully saturated rings. The third-order valence-corrected chi connectivity index (χ3v) is 4.68. The van der Waals surface area contributed by atoms with Crippen molar-refractivity contribution in [3.05, 3.63) is 83.6 Å². The lowest BCUT2D eigenvalue weighted by molar-refractivity contribution is -0.137. The third-order valence-electron chi connectivity index (χ3n) is 4.68. The van der Waals surface area contributed by atoms with Crippen LogP contribution in [-0.2, 0) is 12.6 Å². The first-order chi connectivity index (χ1) is 15.7. The number of fused-ring (bicyclic) bond motifs is 1. The molecule has 5 nitrogen and oxygen atoms in total. The number of hydrogen-bond donors (Lipinski definition) is 1. The van der Waals surface area contributed by atoms with Crippen LogP contribution in [0.15, 0.2) is 55.0 Å². The lowest BCUT2D eigenvalue weighted by atomic mass is 10.1. The van der Waals surface area contributed by atoms with Crippen LogP contribution in [0.4, 0.5) is 32.2 Å². The monoisotopic (exact) mass is 464 g/mol. The Kier molecular flexibility index (Phi) is 6.03. The smallest absolute Gasteiger partial charge is 0.416 e. The molecule has 1 N–H and O–H groups in total. The summed E-state index contributed by atoms with van der Waals surface area (Å²) in [5.41, 5.74) is -0.857. The Morgan fingerprint density at radius 2 is 1.64 bits per heavy atom. The molecule has 0 amide bonds. The number of aromatic nitrogens is 3. The summed E-state index contributed by atoms with van der Waals surface area (Å²) in [6.45, 7) is 0.133. The van der Waals surface area contributed by atoms with Crippen molar-refractivity contribution in [2.45, 2.75) is 12.6 Å². The summed E-state index contributed by atoms with van der Waals surface area (Å²) in [7, 11) is 0. The number of rotatable bonds is 6. The van der Waals surface area contributed by atoms with Gasteiger partial charge in [0.1, 0.15) is 40.9 Å². The number of nitrogens with zero attached hydrogens (tertiary/aromatic N) is 3. The number of pyridine rings is 1. The predicted octanol–water partition coefficient (Wildman–Crippen LogP) is 5.91. The summed E-state index contributed by atoms with van der Waals surface area (Å²) >= 11 is 0. The maximum absolute atomic E-state index is 14.5. The van der Waals surface area contributed by atoms with Gasteiger partial charge in [-0.05, 0) is 36.2 Å². The van der Waals surface area contributed by atoms with Gasteiger partial charge in [0.05, 0.1) is 10.9 Å². The first kappa shape index (κ1) is 22.3. The highest BCUT2D eigenvalue weighted by Crippen LogP contribution is 2.32. The van der Waals surface area contributed by atoms with Crippen molar-refractivity contribution in [2.75, 3.05) is 11.9 Å². The van der Waals surface area contributed by atoms with Gasteiger partial charge in [-0.3, -0.25) is 0 Å². The molecule has 0 aliphatic rings. The molecule has 4 aromatic rings. The molecule has 0 radical (unpaired) electrons. The number of nitrogens with one attached hydrogen (secondary N) is 1. The van der Waals surface area contributed by atoms with E-state index in [0.29, 0.717) is 6.07 Å². The first-order valence-electron chi connectivity index (χ1n) is 9.54. The van der Waals surface area contributed by atoms with Crippen LogP contribution in [-0.4, -0.2) is 21.5 Å². The van der Waals surface area contributed by atoms with E-state index >= 15 is 0 Å². The molecule has 2 aromatic carbocycles. The molecule has 11 heteroatoms. The summed E-state index contributed by atoms with van der Waals surface area (Å²) < 4.78 is 86.1. The van der Waals surface area contributed by atoms with E-state index in [0.717, 1.165) is 36.8 Å². The maximum atomic E-state index is 14.5. The fraction of sp³-hybridized carbons (Fsp3) is 0.136. The zero-order valence-corrected chi connectivity index (χ0v) is 16.6. The van der Waals surface area contributed by atoms with Gasteiger partial charge in [0.2, 0.25) is 5.88 Å². The highest BCUT2D eigenvalue weighted by Gasteiger charge is 2.31. The van der Waals surface area contributed by atoms with E-state index in [2.05, 4.69) is 20.3 Å². The van der Waals surface area contributed by atoms with Crippen LogP contribution in [0.2, 0.25) is 0 Å². The molecule has 2 aromatic heterocycles. The number of benzene rings is 2. The van der Waals surface area contributed by atoms with Gasteiger partial charge in [-0.15, -0.1) is 0 Å². The van der Waals surface area contributed by atoms with Gasteiger partial charge in [-0.25, -0.2) is 28.1 Å². The average molecular weight is 464 g/mol. The van der Waals surface area contributed by atoms with Crippen molar-refractivity contribution in [3.8, 4) is 11.6 Å². The number of hydrogen-bond acceptors (Lipinski definition) is 5. The summed E-state index contributed by atoms with van der Waals surface area (Å²) in [4.78, 5) is 11.4. The van der Waals surface area contributed by atoms with Gasteiger partial charge in [0.15, 0.2) is 0 Å². The highest BCUT2D eigenvalue weighted by molar-refractivity contribution is 5.89. The molecule has 0 bridgehead atoms. The van der Waals surface area contributed by atoms with Crippen LogP contribution in [0.5, 0.6) is 11.6 Å². The molecule has 0 aliphatic carbocycles. The Hall–Kier alpha value is -3.89.